The van der Waals surface area contributed by atoms with Gasteiger partial charge in [0.05, 0.1) is 6.42 Å². The summed E-state index contributed by atoms with van der Waals surface area (Å²) in [6.07, 6.45) is -5.65. The van der Waals surface area contributed by atoms with E-state index in [1.807, 2.05) is 0 Å². The van der Waals surface area contributed by atoms with E-state index in [4.69, 9.17) is 10.8 Å². The highest BCUT2D eigenvalue weighted by atomic mass is 19.4. The molecule has 1 rings (SSSR count). The number of halogens is 3. The van der Waals surface area contributed by atoms with Gasteiger partial charge in [-0.3, -0.25) is 0 Å². The Morgan fingerprint density at radius 1 is 1.27 bits per heavy atom. The van der Waals surface area contributed by atoms with Crippen molar-refractivity contribution in [1.29, 1.82) is 0 Å². The zero-order valence-corrected chi connectivity index (χ0v) is 7.62. The number of hydrogen-bond acceptors (Lipinski definition) is 3. The van der Waals surface area contributed by atoms with Crippen molar-refractivity contribution in [2.24, 2.45) is 5.73 Å². The van der Waals surface area contributed by atoms with Gasteiger partial charge < -0.3 is 15.9 Å². The van der Waals surface area contributed by atoms with E-state index in [-0.39, 0.29) is 5.56 Å². The van der Waals surface area contributed by atoms with Gasteiger partial charge in [0, 0.05) is 11.6 Å². The topological polar surface area (TPSA) is 66.5 Å². The predicted molar refractivity (Wildman–Crippen MR) is 47.4 cm³/mol. The van der Waals surface area contributed by atoms with E-state index in [1.54, 1.807) is 0 Å². The van der Waals surface area contributed by atoms with Crippen molar-refractivity contribution in [3.8, 4) is 11.5 Å². The smallest absolute Gasteiger partial charge is 0.390 e. The summed E-state index contributed by atoms with van der Waals surface area (Å²) in [5.74, 6) is -1.08. The van der Waals surface area contributed by atoms with Crippen LogP contribution in [0.25, 0.3) is 0 Å². The number of rotatable bonds is 2. The van der Waals surface area contributed by atoms with Crippen LogP contribution in [-0.4, -0.2) is 16.4 Å². The molecule has 0 heterocycles. The van der Waals surface area contributed by atoms with Crippen LogP contribution in [0.4, 0.5) is 13.2 Å². The maximum absolute atomic E-state index is 12.0. The Kier molecular flexibility index (Phi) is 3.09. The number of alkyl halides is 3. The highest BCUT2D eigenvalue weighted by molar-refractivity contribution is 5.45. The number of aromatic hydroxyl groups is 2. The summed E-state index contributed by atoms with van der Waals surface area (Å²) < 4.78 is 36.0. The highest BCUT2D eigenvalue weighted by Gasteiger charge is 2.32. The molecule has 15 heavy (non-hydrogen) atoms. The summed E-state index contributed by atoms with van der Waals surface area (Å²) in [6.45, 7) is 0. The Labute approximate surface area is 84.0 Å². The van der Waals surface area contributed by atoms with Gasteiger partial charge in [0.25, 0.3) is 0 Å². The summed E-state index contributed by atoms with van der Waals surface area (Å²) >= 11 is 0. The number of benzene rings is 1. The Morgan fingerprint density at radius 2 is 1.87 bits per heavy atom. The number of phenolic OH excluding ortho intramolecular Hbond substituents is 2. The van der Waals surface area contributed by atoms with Crippen molar-refractivity contribution in [3.05, 3.63) is 23.8 Å². The Bertz CT molecular complexity index is 352. The first kappa shape index (κ1) is 11.6. The quantitative estimate of drug-likeness (QED) is 0.669. The lowest BCUT2D eigenvalue weighted by Crippen LogP contribution is -2.20. The lowest BCUT2D eigenvalue weighted by molar-refractivity contribution is -0.138. The lowest BCUT2D eigenvalue weighted by atomic mass is 10.0. The van der Waals surface area contributed by atoms with Gasteiger partial charge in [0.1, 0.15) is 0 Å². The summed E-state index contributed by atoms with van der Waals surface area (Å²) in [5, 5.41) is 18.3. The molecule has 0 aliphatic carbocycles. The fourth-order valence-corrected chi connectivity index (χ4v) is 1.21. The van der Waals surface area contributed by atoms with Crippen LogP contribution in [0.3, 0.4) is 0 Å². The van der Waals surface area contributed by atoms with Crippen LogP contribution in [0, 0.1) is 0 Å². The second-order valence-corrected chi connectivity index (χ2v) is 3.14. The van der Waals surface area contributed by atoms with Gasteiger partial charge in [-0.15, -0.1) is 0 Å². The first-order chi connectivity index (χ1) is 6.81. The first-order valence-corrected chi connectivity index (χ1v) is 4.14. The SMILES string of the molecule is N[C@H](CC(F)(F)F)c1cccc(O)c1O. The second kappa shape index (κ2) is 3.98. The molecule has 3 nitrogen and oxygen atoms in total. The maximum atomic E-state index is 12.0. The molecular weight excluding hydrogens is 211 g/mol. The highest BCUT2D eigenvalue weighted by Crippen LogP contribution is 2.36. The van der Waals surface area contributed by atoms with Crippen molar-refractivity contribution in [2.75, 3.05) is 0 Å². The molecule has 0 bridgehead atoms. The molecule has 0 fully saturated rings. The van der Waals surface area contributed by atoms with Gasteiger partial charge in [-0.1, -0.05) is 12.1 Å². The van der Waals surface area contributed by atoms with E-state index >= 15 is 0 Å². The minimum Gasteiger partial charge on any atom is -0.504 e. The third kappa shape index (κ3) is 3.02. The van der Waals surface area contributed by atoms with Crippen molar-refractivity contribution >= 4 is 0 Å². The molecule has 84 valence electrons. The molecule has 0 saturated carbocycles. The van der Waals surface area contributed by atoms with E-state index in [0.29, 0.717) is 0 Å². The van der Waals surface area contributed by atoms with E-state index in [0.717, 1.165) is 0 Å². The molecular formula is C9H10F3NO2. The van der Waals surface area contributed by atoms with Crippen molar-refractivity contribution < 1.29 is 23.4 Å². The minimum absolute atomic E-state index is 0.118. The van der Waals surface area contributed by atoms with E-state index in [1.165, 1.54) is 18.2 Å². The van der Waals surface area contributed by atoms with Crippen molar-refractivity contribution in [3.63, 3.8) is 0 Å². The van der Waals surface area contributed by atoms with Crippen LogP contribution in [0.2, 0.25) is 0 Å². The Hall–Kier alpha value is -1.43. The normalized spacial score (nSPS) is 13.9. The van der Waals surface area contributed by atoms with Gasteiger partial charge in [-0.2, -0.15) is 13.2 Å². The molecule has 0 radical (unpaired) electrons. The average Bonchev–Trinajstić information content (AvgIpc) is 2.06. The molecule has 1 aromatic rings. The zero-order chi connectivity index (χ0) is 11.6. The molecule has 6 heteroatoms. The molecule has 0 aliphatic heterocycles. The van der Waals surface area contributed by atoms with Gasteiger partial charge >= 0.3 is 6.18 Å². The summed E-state index contributed by atoms with van der Waals surface area (Å²) in [6, 6.07) is 2.35. The number of hydrogen-bond donors (Lipinski definition) is 3. The molecule has 0 unspecified atom stereocenters. The molecule has 0 aromatic heterocycles. The van der Waals surface area contributed by atoms with E-state index in [2.05, 4.69) is 0 Å². The average molecular weight is 221 g/mol. The monoisotopic (exact) mass is 221 g/mol. The van der Waals surface area contributed by atoms with Crippen LogP contribution in [-0.2, 0) is 0 Å². The standard InChI is InChI=1S/C9H10F3NO2/c10-9(11,12)4-6(13)5-2-1-3-7(14)8(5)15/h1-3,6,14-15H,4,13H2/t6-/m1/s1. The fourth-order valence-electron chi connectivity index (χ4n) is 1.21. The fraction of sp³-hybridized carbons (Fsp3) is 0.333. The summed E-state index contributed by atoms with van der Waals surface area (Å²) in [5.41, 5.74) is 5.14. The maximum Gasteiger partial charge on any atom is 0.390 e. The van der Waals surface area contributed by atoms with Crippen LogP contribution < -0.4 is 5.73 Å². The minimum atomic E-state index is -4.41. The Morgan fingerprint density at radius 3 is 2.40 bits per heavy atom. The van der Waals surface area contributed by atoms with E-state index in [9.17, 15) is 18.3 Å². The molecule has 4 N–H and O–H groups in total. The van der Waals surface area contributed by atoms with Crippen molar-refractivity contribution in [2.45, 2.75) is 18.6 Å². The molecule has 1 aromatic carbocycles. The number of phenols is 2. The summed E-state index contributed by atoms with van der Waals surface area (Å²) in [4.78, 5) is 0. The third-order valence-corrected chi connectivity index (χ3v) is 1.90. The molecule has 0 amide bonds. The number of nitrogens with two attached hydrogens (primary N) is 1. The van der Waals surface area contributed by atoms with Crippen LogP contribution in [0.1, 0.15) is 18.0 Å². The van der Waals surface area contributed by atoms with Crippen LogP contribution >= 0.6 is 0 Å². The summed E-state index contributed by atoms with van der Waals surface area (Å²) in [7, 11) is 0. The van der Waals surface area contributed by atoms with Crippen LogP contribution in [0.15, 0.2) is 18.2 Å². The molecule has 0 saturated heterocycles. The Balaban J connectivity index is 2.92. The lowest BCUT2D eigenvalue weighted by Gasteiger charge is -2.15. The van der Waals surface area contributed by atoms with Gasteiger partial charge in [0.15, 0.2) is 11.5 Å². The van der Waals surface area contributed by atoms with Crippen LogP contribution in [0.5, 0.6) is 11.5 Å². The van der Waals surface area contributed by atoms with Gasteiger partial charge in [-0.25, -0.2) is 0 Å². The largest absolute Gasteiger partial charge is 0.504 e. The second-order valence-electron chi connectivity index (χ2n) is 3.14. The predicted octanol–water partition coefficient (Wildman–Crippen LogP) is 2.05. The zero-order valence-electron chi connectivity index (χ0n) is 7.62. The molecule has 0 aliphatic rings. The number of para-hydroxylation sites is 1. The van der Waals surface area contributed by atoms with E-state index < -0.39 is 30.1 Å². The van der Waals surface area contributed by atoms with Gasteiger partial charge in [-0.05, 0) is 6.07 Å². The first-order valence-electron chi connectivity index (χ1n) is 4.14. The van der Waals surface area contributed by atoms with Crippen molar-refractivity contribution in [1.82, 2.24) is 0 Å². The molecule has 0 spiro atoms. The molecule has 1 atom stereocenters. The van der Waals surface area contributed by atoms with Gasteiger partial charge in [0.2, 0.25) is 0 Å². The third-order valence-electron chi connectivity index (χ3n) is 1.90.